The molecule has 0 bridgehead atoms. The molecule has 4 rings (SSSR count). The summed E-state index contributed by atoms with van der Waals surface area (Å²) >= 11 is 6.40. The maximum Gasteiger partial charge on any atom is 0.430 e. The highest BCUT2D eigenvalue weighted by Gasteiger charge is 2.61. The number of amides is 2. The van der Waals surface area contributed by atoms with E-state index in [2.05, 4.69) is 4.90 Å². The van der Waals surface area contributed by atoms with Gasteiger partial charge >= 0.3 is 6.18 Å². The Hall–Kier alpha value is -2.78. The van der Waals surface area contributed by atoms with Gasteiger partial charge in [0.15, 0.2) is 0 Å². The predicted octanol–water partition coefficient (Wildman–Crippen LogP) is 5.58. The Morgan fingerprint density at radius 1 is 1.05 bits per heavy atom. The number of carbonyl (C=O) groups is 2. The quantitative estimate of drug-likeness (QED) is 0.421. The highest BCUT2D eigenvalue weighted by atomic mass is 35.5. The molecular weight excluding hydrogens is 543 g/mol. The topological polar surface area (TPSA) is 64.1 Å². The summed E-state index contributed by atoms with van der Waals surface area (Å²) in [5, 5.41) is 11.0. The van der Waals surface area contributed by atoms with Crippen molar-refractivity contribution >= 4 is 29.1 Å². The number of alkyl halides is 3. The second-order valence-corrected chi connectivity index (χ2v) is 11.7. The first-order valence-corrected chi connectivity index (χ1v) is 14.1. The molecule has 40 heavy (non-hydrogen) atoms. The number of benzene rings is 2. The lowest BCUT2D eigenvalue weighted by Gasteiger charge is -2.34. The number of hydrogen-bond acceptors (Lipinski definition) is 4. The highest BCUT2D eigenvalue weighted by Crippen LogP contribution is 2.50. The molecule has 1 aliphatic heterocycles. The molecule has 1 heterocycles. The third-order valence-corrected chi connectivity index (χ3v) is 8.72. The van der Waals surface area contributed by atoms with Crippen LogP contribution in [0.4, 0.5) is 18.9 Å². The zero-order chi connectivity index (χ0) is 29.2. The van der Waals surface area contributed by atoms with Crippen LogP contribution in [0, 0.1) is 17.8 Å². The van der Waals surface area contributed by atoms with E-state index in [9.17, 15) is 27.9 Å². The monoisotopic (exact) mass is 579 g/mol. The lowest BCUT2D eigenvalue weighted by atomic mass is 9.90. The van der Waals surface area contributed by atoms with Crippen molar-refractivity contribution in [1.29, 1.82) is 0 Å². The van der Waals surface area contributed by atoms with Crippen LogP contribution in [0.2, 0.25) is 5.02 Å². The largest absolute Gasteiger partial charge is 0.430 e. The molecule has 0 radical (unpaired) electrons. The van der Waals surface area contributed by atoms with Crippen molar-refractivity contribution in [3.05, 3.63) is 64.7 Å². The predicted molar refractivity (Wildman–Crippen MR) is 149 cm³/mol. The number of anilines is 1. The van der Waals surface area contributed by atoms with Crippen molar-refractivity contribution < 1.29 is 27.9 Å². The number of piperidine rings is 1. The maximum atomic E-state index is 13.8. The highest BCUT2D eigenvalue weighted by molar-refractivity contribution is 6.34. The lowest BCUT2D eigenvalue weighted by Crippen LogP contribution is -2.55. The zero-order valence-electron chi connectivity index (χ0n) is 23.1. The van der Waals surface area contributed by atoms with E-state index in [-0.39, 0.29) is 12.5 Å². The van der Waals surface area contributed by atoms with E-state index in [1.54, 1.807) is 20.2 Å². The van der Waals surface area contributed by atoms with Gasteiger partial charge in [-0.15, -0.1) is 0 Å². The normalized spacial score (nSPS) is 21.1. The van der Waals surface area contributed by atoms with E-state index < -0.39 is 23.2 Å². The average molecular weight is 580 g/mol. The molecule has 2 aromatic carbocycles. The number of nitrogens with zero attached hydrogens (tertiary/aromatic N) is 3. The average Bonchev–Trinajstić information content (AvgIpc) is 3.71. The Labute approximate surface area is 238 Å². The van der Waals surface area contributed by atoms with E-state index in [0.29, 0.717) is 34.8 Å². The van der Waals surface area contributed by atoms with Crippen LogP contribution in [-0.4, -0.2) is 73.7 Å². The van der Waals surface area contributed by atoms with Crippen LogP contribution in [0.5, 0.6) is 0 Å². The van der Waals surface area contributed by atoms with Crippen molar-refractivity contribution in [2.24, 2.45) is 17.8 Å². The van der Waals surface area contributed by atoms with E-state index in [4.69, 9.17) is 11.6 Å². The van der Waals surface area contributed by atoms with Crippen molar-refractivity contribution in [2.75, 3.05) is 45.7 Å². The number of carbonyl (C=O) groups excluding carboxylic acids is 2. The molecule has 2 fully saturated rings. The molecule has 1 aliphatic carbocycles. The minimum absolute atomic E-state index is 0.127. The van der Waals surface area contributed by atoms with Gasteiger partial charge in [-0.3, -0.25) is 9.59 Å². The summed E-state index contributed by atoms with van der Waals surface area (Å²) in [5.41, 5.74) is -2.55. The van der Waals surface area contributed by atoms with Crippen LogP contribution < -0.4 is 4.90 Å². The van der Waals surface area contributed by atoms with Gasteiger partial charge in [-0.25, -0.2) is 0 Å². The fourth-order valence-corrected chi connectivity index (χ4v) is 6.19. The molecule has 10 heteroatoms. The Bertz CT molecular complexity index is 1200. The molecule has 1 N–H and O–H groups in total. The third-order valence-electron chi connectivity index (χ3n) is 8.40. The Kier molecular flexibility index (Phi) is 9.05. The Balaban J connectivity index is 1.24. The smallest absolute Gasteiger partial charge is 0.371 e. The molecule has 2 amide bonds. The zero-order valence-corrected chi connectivity index (χ0v) is 23.9. The number of halogens is 4. The van der Waals surface area contributed by atoms with Gasteiger partial charge < -0.3 is 19.8 Å². The van der Waals surface area contributed by atoms with Gasteiger partial charge in [0.2, 0.25) is 0 Å². The van der Waals surface area contributed by atoms with Crippen molar-refractivity contribution in [2.45, 2.75) is 43.9 Å². The molecule has 0 aromatic heterocycles. The van der Waals surface area contributed by atoms with Gasteiger partial charge in [0.25, 0.3) is 17.4 Å². The molecule has 0 spiro atoms. The van der Waals surface area contributed by atoms with Crippen molar-refractivity contribution in [1.82, 2.24) is 9.80 Å². The SMILES string of the molecule is CN(C)C(=O)c1ccc(N2CCC(C3CC3CCCN(C)C(=O)C(O)(c3ccccc3)C(F)(F)F)CC2)cc1Cl. The minimum atomic E-state index is -5.13. The molecule has 1 saturated carbocycles. The summed E-state index contributed by atoms with van der Waals surface area (Å²) in [4.78, 5) is 29.8. The van der Waals surface area contributed by atoms with E-state index in [1.165, 1.54) is 30.1 Å². The minimum Gasteiger partial charge on any atom is -0.371 e. The van der Waals surface area contributed by atoms with Gasteiger partial charge in [-0.2, -0.15) is 13.2 Å². The van der Waals surface area contributed by atoms with Crippen LogP contribution in [0.25, 0.3) is 0 Å². The van der Waals surface area contributed by atoms with Gasteiger partial charge in [0, 0.05) is 52.0 Å². The second kappa shape index (κ2) is 12.0. The van der Waals surface area contributed by atoms with Gasteiger partial charge in [-0.05, 0) is 68.1 Å². The third kappa shape index (κ3) is 6.25. The molecule has 1 saturated heterocycles. The van der Waals surface area contributed by atoms with Crippen molar-refractivity contribution in [3.8, 4) is 0 Å². The molecule has 2 aliphatic rings. The summed E-state index contributed by atoms with van der Waals surface area (Å²) in [7, 11) is 4.71. The molecule has 6 nitrogen and oxygen atoms in total. The summed E-state index contributed by atoms with van der Waals surface area (Å²) in [6.07, 6.45) is -0.508. The summed E-state index contributed by atoms with van der Waals surface area (Å²) in [6, 6.07) is 12.1. The number of hydrogen-bond donors (Lipinski definition) is 1. The van der Waals surface area contributed by atoms with Crippen LogP contribution >= 0.6 is 11.6 Å². The van der Waals surface area contributed by atoms with Crippen LogP contribution in [0.3, 0.4) is 0 Å². The van der Waals surface area contributed by atoms with Crippen molar-refractivity contribution in [3.63, 3.8) is 0 Å². The van der Waals surface area contributed by atoms with Gasteiger partial charge in [0.05, 0.1) is 10.6 Å². The number of rotatable bonds is 9. The number of aliphatic hydroxyl groups is 1. The first-order chi connectivity index (χ1) is 18.8. The second-order valence-electron chi connectivity index (χ2n) is 11.3. The fraction of sp³-hybridized carbons (Fsp3) is 0.533. The standard InChI is InChI=1S/C30H37ClF3N3O3/c1-35(2)27(38)24-12-11-23(19-26(24)31)37-16-13-20(14-17-37)25-18-21(25)8-7-15-36(3)28(39)29(40,30(32,33)34)22-9-5-4-6-10-22/h4-6,9-12,19-21,25,40H,7-8,13-18H2,1-3H3. The van der Waals surface area contributed by atoms with E-state index >= 15 is 0 Å². The number of likely N-dealkylation sites (N-methyl/N-ethyl adjacent to an activating group) is 1. The molecule has 3 atom stereocenters. The summed E-state index contributed by atoms with van der Waals surface area (Å²) in [5.74, 6) is 0.228. The molecule has 3 unspecified atom stereocenters. The van der Waals surface area contributed by atoms with Crippen LogP contribution in [-0.2, 0) is 10.4 Å². The summed E-state index contributed by atoms with van der Waals surface area (Å²) in [6.45, 7) is 1.95. The molecular formula is C30H37ClF3N3O3. The lowest BCUT2D eigenvalue weighted by molar-refractivity contribution is -0.261. The maximum absolute atomic E-state index is 13.8. The fourth-order valence-electron chi connectivity index (χ4n) is 5.94. The van der Waals surface area contributed by atoms with Crippen LogP contribution in [0.1, 0.15) is 48.0 Å². The Morgan fingerprint density at radius 3 is 2.27 bits per heavy atom. The van der Waals surface area contributed by atoms with Gasteiger partial charge in [-0.1, -0.05) is 41.9 Å². The van der Waals surface area contributed by atoms with E-state index in [1.807, 2.05) is 12.1 Å². The Morgan fingerprint density at radius 2 is 1.70 bits per heavy atom. The molecule has 218 valence electrons. The first-order valence-electron chi connectivity index (χ1n) is 13.7. The van der Waals surface area contributed by atoms with Gasteiger partial charge in [0.1, 0.15) is 0 Å². The summed E-state index contributed by atoms with van der Waals surface area (Å²) < 4.78 is 41.5. The van der Waals surface area contributed by atoms with Crippen LogP contribution in [0.15, 0.2) is 48.5 Å². The van der Waals surface area contributed by atoms with E-state index in [0.717, 1.165) is 61.5 Å². The molecule has 2 aromatic rings. The first kappa shape index (κ1) is 30.2.